The molecule has 2 aliphatic heterocycles. The molecule has 11 heavy (non-hydrogen) atoms. The number of ether oxygens (including phenoxy) is 1. The summed E-state index contributed by atoms with van der Waals surface area (Å²) in [5, 5.41) is 12.9. The van der Waals surface area contributed by atoms with E-state index in [4.69, 9.17) is 4.74 Å². The van der Waals surface area contributed by atoms with Crippen LogP contribution in [-0.2, 0) is 4.74 Å². The molecule has 2 atom stereocenters. The van der Waals surface area contributed by atoms with Crippen molar-refractivity contribution in [1.82, 2.24) is 5.32 Å². The molecule has 0 aromatic heterocycles. The van der Waals surface area contributed by atoms with Crippen LogP contribution in [0.5, 0.6) is 0 Å². The minimum atomic E-state index is -0.196. The molecule has 0 bridgehead atoms. The zero-order chi connectivity index (χ0) is 7.73. The van der Waals surface area contributed by atoms with Crippen LogP contribution in [0.25, 0.3) is 0 Å². The summed E-state index contributed by atoms with van der Waals surface area (Å²) >= 11 is 0. The molecule has 2 rings (SSSR count). The Balaban J connectivity index is 2.07. The fraction of sp³-hybridized carbons (Fsp3) is 1.00. The first-order chi connectivity index (χ1) is 5.33. The third-order valence-corrected chi connectivity index (χ3v) is 2.98. The number of aliphatic hydroxyl groups excluding tert-OH is 1. The van der Waals surface area contributed by atoms with Gasteiger partial charge in [0.25, 0.3) is 0 Å². The molecule has 2 fully saturated rings. The summed E-state index contributed by atoms with van der Waals surface area (Å²) in [5.41, 5.74) is 0.102. The molecule has 0 radical (unpaired) electrons. The number of hydrogen-bond acceptors (Lipinski definition) is 3. The van der Waals surface area contributed by atoms with Crippen molar-refractivity contribution in [2.45, 2.75) is 18.9 Å². The van der Waals surface area contributed by atoms with Crippen LogP contribution >= 0.6 is 0 Å². The van der Waals surface area contributed by atoms with Crippen LogP contribution in [0.3, 0.4) is 0 Å². The van der Waals surface area contributed by atoms with Crippen molar-refractivity contribution < 1.29 is 9.84 Å². The Morgan fingerprint density at radius 2 is 2.36 bits per heavy atom. The normalized spacial score (nSPS) is 45.0. The van der Waals surface area contributed by atoms with Gasteiger partial charge in [-0.25, -0.2) is 0 Å². The lowest BCUT2D eigenvalue weighted by molar-refractivity contribution is -0.00739. The van der Waals surface area contributed by atoms with E-state index in [1.807, 2.05) is 0 Å². The molecule has 3 nitrogen and oxygen atoms in total. The number of nitrogens with one attached hydrogen (secondary N) is 1. The Morgan fingerprint density at radius 1 is 1.45 bits per heavy atom. The zero-order valence-corrected chi connectivity index (χ0v) is 6.68. The van der Waals surface area contributed by atoms with Gasteiger partial charge >= 0.3 is 0 Å². The molecule has 3 heteroatoms. The number of hydrogen-bond donors (Lipinski definition) is 2. The molecule has 0 aromatic rings. The van der Waals surface area contributed by atoms with Crippen LogP contribution in [-0.4, -0.2) is 37.5 Å². The van der Waals surface area contributed by atoms with E-state index < -0.39 is 0 Å². The van der Waals surface area contributed by atoms with Crippen molar-refractivity contribution in [3.63, 3.8) is 0 Å². The zero-order valence-electron chi connectivity index (χ0n) is 6.68. The second kappa shape index (κ2) is 2.73. The Kier molecular flexibility index (Phi) is 1.87. The second-order valence-corrected chi connectivity index (χ2v) is 3.63. The Morgan fingerprint density at radius 3 is 3.00 bits per heavy atom. The highest BCUT2D eigenvalue weighted by Gasteiger charge is 2.42. The summed E-state index contributed by atoms with van der Waals surface area (Å²) < 4.78 is 5.32. The van der Waals surface area contributed by atoms with Crippen molar-refractivity contribution in [2.24, 2.45) is 5.41 Å². The monoisotopic (exact) mass is 157 g/mol. The highest BCUT2D eigenvalue weighted by molar-refractivity contribution is 4.94. The largest absolute Gasteiger partial charge is 0.391 e. The van der Waals surface area contributed by atoms with Crippen molar-refractivity contribution >= 4 is 0 Å². The lowest BCUT2D eigenvalue weighted by Crippen LogP contribution is -2.49. The summed E-state index contributed by atoms with van der Waals surface area (Å²) in [5.74, 6) is 0. The van der Waals surface area contributed by atoms with Crippen LogP contribution in [0.15, 0.2) is 0 Å². The van der Waals surface area contributed by atoms with Crippen molar-refractivity contribution in [3.05, 3.63) is 0 Å². The molecule has 0 aromatic carbocycles. The average molecular weight is 157 g/mol. The van der Waals surface area contributed by atoms with Gasteiger partial charge in [0, 0.05) is 18.6 Å². The van der Waals surface area contributed by atoms with Gasteiger partial charge in [-0.3, -0.25) is 0 Å². The fourth-order valence-electron chi connectivity index (χ4n) is 2.04. The van der Waals surface area contributed by atoms with Crippen molar-refractivity contribution in [1.29, 1.82) is 0 Å². The van der Waals surface area contributed by atoms with Gasteiger partial charge in [-0.1, -0.05) is 0 Å². The number of rotatable bonds is 0. The first-order valence-corrected chi connectivity index (χ1v) is 4.30. The van der Waals surface area contributed by atoms with E-state index in [1.54, 1.807) is 0 Å². The Hall–Kier alpha value is -0.120. The quantitative estimate of drug-likeness (QED) is 0.509. The molecular weight excluding hydrogens is 142 g/mol. The highest BCUT2D eigenvalue weighted by atomic mass is 16.5. The molecule has 0 unspecified atom stereocenters. The van der Waals surface area contributed by atoms with Crippen LogP contribution in [0.1, 0.15) is 12.8 Å². The fourth-order valence-corrected chi connectivity index (χ4v) is 2.04. The van der Waals surface area contributed by atoms with Gasteiger partial charge in [-0.15, -0.1) is 0 Å². The van der Waals surface area contributed by atoms with Gasteiger partial charge in [0.05, 0.1) is 12.7 Å². The first kappa shape index (κ1) is 7.53. The van der Waals surface area contributed by atoms with E-state index in [1.165, 1.54) is 0 Å². The molecule has 2 saturated heterocycles. The predicted octanol–water partition coefficient (Wildman–Crippen LogP) is -0.253. The molecule has 0 amide bonds. The number of piperidine rings is 1. The summed E-state index contributed by atoms with van der Waals surface area (Å²) in [6, 6.07) is 0. The lowest BCUT2D eigenvalue weighted by Gasteiger charge is -2.37. The molecule has 0 aliphatic carbocycles. The van der Waals surface area contributed by atoms with Gasteiger partial charge in [0.1, 0.15) is 0 Å². The van der Waals surface area contributed by atoms with Gasteiger partial charge < -0.3 is 15.2 Å². The van der Waals surface area contributed by atoms with E-state index in [0.717, 1.165) is 39.1 Å². The number of aliphatic hydroxyl groups is 1. The first-order valence-electron chi connectivity index (χ1n) is 4.30. The van der Waals surface area contributed by atoms with Gasteiger partial charge in [0.15, 0.2) is 0 Å². The highest BCUT2D eigenvalue weighted by Crippen LogP contribution is 2.37. The second-order valence-electron chi connectivity index (χ2n) is 3.63. The summed E-state index contributed by atoms with van der Waals surface area (Å²) in [6.07, 6.45) is 1.91. The van der Waals surface area contributed by atoms with Gasteiger partial charge in [-0.2, -0.15) is 0 Å². The SMILES string of the molecule is O[C@H]1CNCC[C@]12CCOC2. The molecule has 2 heterocycles. The third-order valence-electron chi connectivity index (χ3n) is 2.98. The lowest BCUT2D eigenvalue weighted by atomic mass is 9.76. The molecule has 1 spiro atoms. The number of β-amino-alcohol motifs (C(OH)–C–C–N with tert-alkyl or cyclic N) is 1. The van der Waals surface area contributed by atoms with Crippen molar-refractivity contribution in [2.75, 3.05) is 26.3 Å². The van der Waals surface area contributed by atoms with Crippen molar-refractivity contribution in [3.8, 4) is 0 Å². The summed E-state index contributed by atoms with van der Waals surface area (Å²) in [7, 11) is 0. The maximum Gasteiger partial charge on any atom is 0.0744 e. The maximum absolute atomic E-state index is 9.72. The van der Waals surface area contributed by atoms with Crippen LogP contribution in [0.2, 0.25) is 0 Å². The molecular formula is C8H15NO2. The van der Waals surface area contributed by atoms with E-state index in [9.17, 15) is 5.11 Å². The molecule has 2 N–H and O–H groups in total. The predicted molar refractivity (Wildman–Crippen MR) is 41.4 cm³/mol. The van der Waals surface area contributed by atoms with Crippen LogP contribution < -0.4 is 5.32 Å². The molecule has 0 saturated carbocycles. The van der Waals surface area contributed by atoms with E-state index in [-0.39, 0.29) is 11.5 Å². The molecule has 2 aliphatic rings. The van der Waals surface area contributed by atoms with E-state index in [2.05, 4.69) is 5.32 Å². The van der Waals surface area contributed by atoms with Gasteiger partial charge in [0.2, 0.25) is 0 Å². The molecule has 64 valence electrons. The van der Waals surface area contributed by atoms with Gasteiger partial charge in [-0.05, 0) is 19.4 Å². The van der Waals surface area contributed by atoms with Crippen LogP contribution in [0, 0.1) is 5.41 Å². The Labute approximate surface area is 66.7 Å². The Bertz CT molecular complexity index is 143. The average Bonchev–Trinajstić information content (AvgIpc) is 2.46. The van der Waals surface area contributed by atoms with E-state index in [0.29, 0.717) is 0 Å². The minimum Gasteiger partial charge on any atom is -0.391 e. The van der Waals surface area contributed by atoms with E-state index >= 15 is 0 Å². The van der Waals surface area contributed by atoms with Crippen LogP contribution in [0.4, 0.5) is 0 Å². The standard InChI is InChI=1S/C8H15NO2/c10-7-5-9-3-1-8(7)2-4-11-6-8/h7,9-10H,1-6H2/t7-,8+/m0/s1. The smallest absolute Gasteiger partial charge is 0.0744 e. The summed E-state index contributed by atoms with van der Waals surface area (Å²) in [6.45, 7) is 3.36. The summed E-state index contributed by atoms with van der Waals surface area (Å²) in [4.78, 5) is 0. The minimum absolute atomic E-state index is 0.102. The maximum atomic E-state index is 9.72. The third kappa shape index (κ3) is 1.17. The topological polar surface area (TPSA) is 41.5 Å².